The van der Waals surface area contributed by atoms with E-state index in [1.165, 1.54) is 0 Å². The summed E-state index contributed by atoms with van der Waals surface area (Å²) in [6, 6.07) is 2.43. The molecule has 0 amide bonds. The summed E-state index contributed by atoms with van der Waals surface area (Å²) in [6.45, 7) is 2.57. The van der Waals surface area contributed by atoms with Crippen LogP contribution in [0.5, 0.6) is 0 Å². The molecule has 0 spiro atoms. The summed E-state index contributed by atoms with van der Waals surface area (Å²) < 4.78 is 0. The highest BCUT2D eigenvalue weighted by atomic mass is 16.4. The first kappa shape index (κ1) is 11.8. The van der Waals surface area contributed by atoms with Gasteiger partial charge in [0.05, 0.1) is 6.42 Å². The van der Waals surface area contributed by atoms with Crippen LogP contribution in [0.25, 0.3) is 0 Å². The van der Waals surface area contributed by atoms with Crippen molar-refractivity contribution in [3.8, 4) is 0 Å². The Morgan fingerprint density at radius 3 is 2.88 bits per heavy atom. The fraction of sp³-hybridized carbons (Fsp3) is 0.583. The third-order valence-corrected chi connectivity index (χ3v) is 2.92. The predicted octanol–water partition coefficient (Wildman–Crippen LogP) is 1.48. The zero-order valence-electron chi connectivity index (χ0n) is 9.96. The standard InChI is InChI=1S/C12H17N3O2/c1-2-9-7-11(14-8-13-9)15(10-3-4-10)6-5-12(16)17/h7-8,10H,2-6H2,1H3,(H,16,17). The molecule has 0 aliphatic heterocycles. The number of carboxylic acids is 1. The minimum atomic E-state index is -0.763. The number of nitrogens with zero attached hydrogens (tertiary/aromatic N) is 3. The van der Waals surface area contributed by atoms with Crippen molar-refractivity contribution >= 4 is 11.8 Å². The quantitative estimate of drug-likeness (QED) is 0.809. The third kappa shape index (κ3) is 3.15. The maximum atomic E-state index is 10.6. The number of carbonyl (C=O) groups is 1. The molecule has 1 N–H and O–H groups in total. The molecular weight excluding hydrogens is 218 g/mol. The molecule has 5 nitrogen and oxygen atoms in total. The van der Waals surface area contributed by atoms with Gasteiger partial charge in [0, 0.05) is 24.3 Å². The summed E-state index contributed by atoms with van der Waals surface area (Å²) in [6.07, 6.45) is 4.84. The molecule has 0 unspecified atom stereocenters. The Kier molecular flexibility index (Phi) is 3.56. The second-order valence-electron chi connectivity index (χ2n) is 4.29. The van der Waals surface area contributed by atoms with Gasteiger partial charge in [-0.25, -0.2) is 9.97 Å². The highest BCUT2D eigenvalue weighted by Crippen LogP contribution is 2.30. The van der Waals surface area contributed by atoms with E-state index in [1.54, 1.807) is 6.33 Å². The fourth-order valence-corrected chi connectivity index (χ4v) is 1.82. The minimum absolute atomic E-state index is 0.155. The van der Waals surface area contributed by atoms with E-state index < -0.39 is 5.97 Å². The van der Waals surface area contributed by atoms with Crippen molar-refractivity contribution in [2.75, 3.05) is 11.4 Å². The molecule has 92 valence electrons. The molecule has 5 heteroatoms. The predicted molar refractivity (Wildman–Crippen MR) is 64.0 cm³/mol. The van der Waals surface area contributed by atoms with Crippen molar-refractivity contribution in [3.05, 3.63) is 18.1 Å². The highest BCUT2D eigenvalue weighted by molar-refractivity contribution is 5.67. The van der Waals surface area contributed by atoms with Gasteiger partial charge in [0.25, 0.3) is 0 Å². The molecule has 1 aromatic heterocycles. The van der Waals surface area contributed by atoms with Crippen LogP contribution in [0.1, 0.15) is 31.9 Å². The molecule has 1 aromatic rings. The summed E-state index contributed by atoms with van der Waals surface area (Å²) in [7, 11) is 0. The van der Waals surface area contributed by atoms with Crippen LogP contribution in [-0.4, -0.2) is 33.6 Å². The highest BCUT2D eigenvalue weighted by Gasteiger charge is 2.30. The van der Waals surface area contributed by atoms with Crippen LogP contribution in [0.15, 0.2) is 12.4 Å². The molecule has 0 aromatic carbocycles. The van der Waals surface area contributed by atoms with E-state index in [0.717, 1.165) is 30.8 Å². The van der Waals surface area contributed by atoms with E-state index in [1.807, 2.05) is 13.0 Å². The van der Waals surface area contributed by atoms with Gasteiger partial charge < -0.3 is 10.0 Å². The van der Waals surface area contributed by atoms with Crippen LogP contribution < -0.4 is 4.90 Å². The SMILES string of the molecule is CCc1cc(N(CCC(=O)O)C2CC2)ncn1. The van der Waals surface area contributed by atoms with Crippen LogP contribution in [0, 0.1) is 0 Å². The molecule has 0 saturated heterocycles. The minimum Gasteiger partial charge on any atom is -0.481 e. The zero-order valence-corrected chi connectivity index (χ0v) is 9.96. The molecule has 1 aliphatic rings. The number of aromatic nitrogens is 2. The number of carboxylic acid groups (broad SMARTS) is 1. The Morgan fingerprint density at radius 1 is 1.53 bits per heavy atom. The Bertz CT molecular complexity index is 404. The van der Waals surface area contributed by atoms with Gasteiger partial charge in [0.1, 0.15) is 12.1 Å². The molecule has 0 bridgehead atoms. The smallest absolute Gasteiger partial charge is 0.305 e. The van der Waals surface area contributed by atoms with Crippen molar-refractivity contribution < 1.29 is 9.90 Å². The van der Waals surface area contributed by atoms with Crippen molar-refractivity contribution in [1.82, 2.24) is 9.97 Å². The lowest BCUT2D eigenvalue weighted by Crippen LogP contribution is -2.29. The lowest BCUT2D eigenvalue weighted by Gasteiger charge is -2.22. The maximum Gasteiger partial charge on any atom is 0.305 e. The number of aliphatic carboxylic acids is 1. The van der Waals surface area contributed by atoms with Crippen LogP contribution >= 0.6 is 0 Å². The van der Waals surface area contributed by atoms with Crippen molar-refractivity contribution in [3.63, 3.8) is 0 Å². The Hall–Kier alpha value is -1.65. The summed E-state index contributed by atoms with van der Waals surface area (Å²) in [5.74, 6) is 0.0982. The van der Waals surface area contributed by atoms with E-state index in [4.69, 9.17) is 5.11 Å². The summed E-state index contributed by atoms with van der Waals surface area (Å²) >= 11 is 0. The second kappa shape index (κ2) is 5.12. The molecule has 0 radical (unpaired) electrons. The summed E-state index contributed by atoms with van der Waals surface area (Å²) in [5, 5.41) is 8.75. The van der Waals surface area contributed by atoms with Gasteiger partial charge >= 0.3 is 5.97 Å². The topological polar surface area (TPSA) is 66.3 Å². The van der Waals surface area contributed by atoms with E-state index in [2.05, 4.69) is 14.9 Å². The Morgan fingerprint density at radius 2 is 2.29 bits per heavy atom. The first-order valence-electron chi connectivity index (χ1n) is 6.00. The van der Waals surface area contributed by atoms with Gasteiger partial charge in [-0.1, -0.05) is 6.92 Å². The largest absolute Gasteiger partial charge is 0.481 e. The van der Waals surface area contributed by atoms with Gasteiger partial charge in [-0.15, -0.1) is 0 Å². The molecule has 1 fully saturated rings. The monoisotopic (exact) mass is 235 g/mol. The van der Waals surface area contributed by atoms with Crippen LogP contribution in [0.4, 0.5) is 5.82 Å². The van der Waals surface area contributed by atoms with Crippen molar-refractivity contribution in [2.24, 2.45) is 0 Å². The molecular formula is C12H17N3O2. The van der Waals surface area contributed by atoms with E-state index in [-0.39, 0.29) is 6.42 Å². The van der Waals surface area contributed by atoms with Gasteiger partial charge in [-0.3, -0.25) is 4.79 Å². The molecule has 1 saturated carbocycles. The van der Waals surface area contributed by atoms with Crippen molar-refractivity contribution in [1.29, 1.82) is 0 Å². The number of hydrogen-bond donors (Lipinski definition) is 1. The molecule has 0 atom stereocenters. The average molecular weight is 235 g/mol. The van der Waals surface area contributed by atoms with Gasteiger partial charge in [0.2, 0.25) is 0 Å². The molecule has 2 rings (SSSR count). The van der Waals surface area contributed by atoms with Crippen LogP contribution in [0.3, 0.4) is 0 Å². The average Bonchev–Trinajstić information content (AvgIpc) is 3.14. The van der Waals surface area contributed by atoms with Gasteiger partial charge in [0.15, 0.2) is 0 Å². The van der Waals surface area contributed by atoms with Crippen LogP contribution in [-0.2, 0) is 11.2 Å². The first-order valence-corrected chi connectivity index (χ1v) is 6.00. The van der Waals surface area contributed by atoms with Crippen LogP contribution in [0.2, 0.25) is 0 Å². The molecule has 1 aliphatic carbocycles. The number of anilines is 1. The fourth-order valence-electron chi connectivity index (χ4n) is 1.82. The normalized spacial score (nSPS) is 14.6. The number of hydrogen-bond acceptors (Lipinski definition) is 4. The zero-order chi connectivity index (χ0) is 12.3. The van der Waals surface area contributed by atoms with E-state index >= 15 is 0 Å². The van der Waals surface area contributed by atoms with Gasteiger partial charge in [-0.2, -0.15) is 0 Å². The van der Waals surface area contributed by atoms with E-state index in [0.29, 0.717) is 12.6 Å². The maximum absolute atomic E-state index is 10.6. The van der Waals surface area contributed by atoms with Gasteiger partial charge in [-0.05, 0) is 19.3 Å². The lowest BCUT2D eigenvalue weighted by atomic mass is 10.3. The van der Waals surface area contributed by atoms with E-state index in [9.17, 15) is 4.79 Å². The third-order valence-electron chi connectivity index (χ3n) is 2.92. The summed E-state index contributed by atoms with van der Waals surface area (Å²) in [4.78, 5) is 21.1. The Labute approximate surface area is 100 Å². The second-order valence-corrected chi connectivity index (χ2v) is 4.29. The number of aryl methyl sites for hydroxylation is 1. The lowest BCUT2D eigenvalue weighted by molar-refractivity contribution is -0.136. The first-order chi connectivity index (χ1) is 8.20. The molecule has 1 heterocycles. The van der Waals surface area contributed by atoms with Crippen molar-refractivity contribution in [2.45, 2.75) is 38.6 Å². The summed E-state index contributed by atoms with van der Waals surface area (Å²) in [5.41, 5.74) is 0.996. The molecule has 17 heavy (non-hydrogen) atoms. The number of rotatable bonds is 6. The Balaban J connectivity index is 2.10.